The first-order valence-electron chi connectivity index (χ1n) is 9.93. The zero-order chi connectivity index (χ0) is 19.9. The van der Waals surface area contributed by atoms with Gasteiger partial charge >= 0.3 is 5.97 Å². The Labute approximate surface area is 161 Å². The lowest BCUT2D eigenvalue weighted by atomic mass is 10.1. The summed E-state index contributed by atoms with van der Waals surface area (Å²) in [5, 5.41) is 14.1. The number of amides is 2. The molecule has 1 rings (SSSR count). The zero-order valence-electron chi connectivity index (χ0n) is 16.3. The summed E-state index contributed by atoms with van der Waals surface area (Å²) < 4.78 is 0. The Morgan fingerprint density at radius 3 is 2.04 bits per heavy atom. The van der Waals surface area contributed by atoms with Gasteiger partial charge in [-0.05, 0) is 30.7 Å². The van der Waals surface area contributed by atoms with Gasteiger partial charge in [0, 0.05) is 24.2 Å². The minimum absolute atomic E-state index is 0.0732. The van der Waals surface area contributed by atoms with Gasteiger partial charge in [-0.1, -0.05) is 51.9 Å². The highest BCUT2D eigenvalue weighted by Gasteiger charge is 2.08. The van der Waals surface area contributed by atoms with Crippen molar-refractivity contribution in [3.8, 4) is 0 Å². The zero-order valence-corrected chi connectivity index (χ0v) is 16.3. The third kappa shape index (κ3) is 11.1. The molecule has 150 valence electrons. The minimum Gasteiger partial charge on any atom is -0.481 e. The maximum absolute atomic E-state index is 12.1. The van der Waals surface area contributed by atoms with Gasteiger partial charge in [0.1, 0.15) is 0 Å². The van der Waals surface area contributed by atoms with E-state index in [9.17, 15) is 14.4 Å². The molecule has 1 aromatic rings. The Hall–Kier alpha value is -2.37. The predicted molar refractivity (Wildman–Crippen MR) is 107 cm³/mol. The highest BCUT2D eigenvalue weighted by Crippen LogP contribution is 2.11. The summed E-state index contributed by atoms with van der Waals surface area (Å²) in [5.74, 6) is -1.49. The summed E-state index contributed by atoms with van der Waals surface area (Å²) in [7, 11) is 0. The van der Waals surface area contributed by atoms with Crippen LogP contribution in [0.2, 0.25) is 0 Å². The van der Waals surface area contributed by atoms with Crippen molar-refractivity contribution in [3.63, 3.8) is 0 Å². The Bertz CT molecular complexity index is 584. The number of carboxylic acids is 1. The molecule has 2 amide bonds. The van der Waals surface area contributed by atoms with Crippen LogP contribution in [0.3, 0.4) is 0 Å². The number of hydrogen-bond donors (Lipinski definition) is 3. The van der Waals surface area contributed by atoms with Crippen molar-refractivity contribution in [1.29, 1.82) is 0 Å². The average Bonchev–Trinajstić information content (AvgIpc) is 2.65. The van der Waals surface area contributed by atoms with Crippen LogP contribution in [0.4, 0.5) is 5.69 Å². The first-order chi connectivity index (χ1) is 13.0. The van der Waals surface area contributed by atoms with Gasteiger partial charge in [-0.15, -0.1) is 0 Å². The number of carbonyl (C=O) groups excluding carboxylic acids is 2. The van der Waals surface area contributed by atoms with Crippen LogP contribution in [0.1, 0.15) is 81.5 Å². The Morgan fingerprint density at radius 2 is 1.44 bits per heavy atom. The number of anilines is 1. The number of carbonyl (C=O) groups is 3. The molecule has 0 saturated carbocycles. The topological polar surface area (TPSA) is 95.5 Å². The van der Waals surface area contributed by atoms with Gasteiger partial charge in [0.15, 0.2) is 0 Å². The van der Waals surface area contributed by atoms with E-state index >= 15 is 0 Å². The third-order valence-corrected chi connectivity index (χ3v) is 4.31. The predicted octanol–water partition coefficient (Wildman–Crippen LogP) is 4.36. The fraction of sp³-hybridized carbons (Fsp3) is 0.571. The van der Waals surface area contributed by atoms with Crippen LogP contribution >= 0.6 is 0 Å². The molecule has 0 bridgehead atoms. The van der Waals surface area contributed by atoms with Crippen molar-refractivity contribution in [2.24, 2.45) is 0 Å². The van der Waals surface area contributed by atoms with Crippen LogP contribution in [0, 0.1) is 0 Å². The number of nitrogens with one attached hydrogen (secondary N) is 2. The SMILES string of the molecule is CCCCCCCCCCNC(=O)c1ccc(NC(=O)CCC(=O)O)cc1. The molecule has 0 unspecified atom stereocenters. The number of benzene rings is 1. The van der Waals surface area contributed by atoms with E-state index in [1.807, 2.05) is 0 Å². The summed E-state index contributed by atoms with van der Waals surface area (Å²) in [4.78, 5) is 34.1. The van der Waals surface area contributed by atoms with Gasteiger partial charge in [-0.3, -0.25) is 14.4 Å². The van der Waals surface area contributed by atoms with E-state index in [0.29, 0.717) is 17.8 Å². The van der Waals surface area contributed by atoms with Gasteiger partial charge in [0.25, 0.3) is 5.91 Å². The van der Waals surface area contributed by atoms with Gasteiger partial charge in [0.05, 0.1) is 6.42 Å². The van der Waals surface area contributed by atoms with Crippen LogP contribution in [-0.2, 0) is 9.59 Å². The average molecular weight is 376 g/mol. The smallest absolute Gasteiger partial charge is 0.303 e. The van der Waals surface area contributed by atoms with Crippen LogP contribution in [0.25, 0.3) is 0 Å². The monoisotopic (exact) mass is 376 g/mol. The summed E-state index contributed by atoms with van der Waals surface area (Å²) in [6.45, 7) is 2.89. The molecule has 0 saturated heterocycles. The fourth-order valence-electron chi connectivity index (χ4n) is 2.71. The van der Waals surface area contributed by atoms with Crippen molar-refractivity contribution < 1.29 is 19.5 Å². The van der Waals surface area contributed by atoms with Crippen LogP contribution in [0.5, 0.6) is 0 Å². The normalized spacial score (nSPS) is 10.4. The Balaban J connectivity index is 2.20. The van der Waals surface area contributed by atoms with Crippen LogP contribution in [0.15, 0.2) is 24.3 Å². The van der Waals surface area contributed by atoms with Gasteiger partial charge in [-0.2, -0.15) is 0 Å². The second kappa shape index (κ2) is 13.8. The maximum atomic E-state index is 12.1. The summed E-state index contributed by atoms with van der Waals surface area (Å²) >= 11 is 0. The van der Waals surface area contributed by atoms with E-state index in [0.717, 1.165) is 12.8 Å². The Kier molecular flexibility index (Phi) is 11.6. The molecule has 0 radical (unpaired) electrons. The van der Waals surface area contributed by atoms with E-state index in [2.05, 4.69) is 17.6 Å². The summed E-state index contributed by atoms with van der Waals surface area (Å²) in [6.07, 6.45) is 9.54. The van der Waals surface area contributed by atoms with Crippen molar-refractivity contribution in [2.45, 2.75) is 71.1 Å². The molecule has 0 aromatic heterocycles. The lowest BCUT2D eigenvalue weighted by molar-refractivity contribution is -0.138. The summed E-state index contributed by atoms with van der Waals surface area (Å²) in [5.41, 5.74) is 1.09. The Morgan fingerprint density at radius 1 is 0.852 bits per heavy atom. The largest absolute Gasteiger partial charge is 0.481 e. The van der Waals surface area contributed by atoms with Crippen molar-refractivity contribution in [1.82, 2.24) is 5.32 Å². The number of hydrogen-bond acceptors (Lipinski definition) is 3. The molecule has 3 N–H and O–H groups in total. The van der Waals surface area contributed by atoms with Gasteiger partial charge in [-0.25, -0.2) is 0 Å². The number of unbranched alkanes of at least 4 members (excludes halogenated alkanes) is 7. The molecule has 1 aromatic carbocycles. The molecule has 0 aliphatic carbocycles. The second-order valence-electron chi connectivity index (χ2n) is 6.75. The molecule has 0 atom stereocenters. The van der Waals surface area contributed by atoms with Crippen molar-refractivity contribution in [2.75, 3.05) is 11.9 Å². The number of rotatable bonds is 14. The van der Waals surface area contributed by atoms with E-state index in [-0.39, 0.29) is 24.7 Å². The molecule has 6 heteroatoms. The molecular formula is C21H32N2O4. The number of carboxylic acid groups (broad SMARTS) is 1. The molecule has 6 nitrogen and oxygen atoms in total. The molecule has 0 spiro atoms. The molecule has 0 fully saturated rings. The van der Waals surface area contributed by atoms with Gasteiger partial charge in [0.2, 0.25) is 5.91 Å². The minimum atomic E-state index is -1.01. The molecule has 0 heterocycles. The van der Waals surface area contributed by atoms with E-state index in [1.54, 1.807) is 24.3 Å². The van der Waals surface area contributed by atoms with E-state index in [4.69, 9.17) is 5.11 Å². The molecule has 27 heavy (non-hydrogen) atoms. The van der Waals surface area contributed by atoms with Gasteiger partial charge < -0.3 is 15.7 Å². The summed E-state index contributed by atoms with van der Waals surface area (Å²) in [6, 6.07) is 6.58. The standard InChI is InChI=1S/C21H32N2O4/c1-2-3-4-5-6-7-8-9-16-22-21(27)17-10-12-18(13-11-17)23-19(24)14-15-20(25)26/h10-13H,2-9,14-16H2,1H3,(H,22,27)(H,23,24)(H,25,26). The van der Waals surface area contributed by atoms with Crippen LogP contribution < -0.4 is 10.6 Å². The van der Waals surface area contributed by atoms with Crippen molar-refractivity contribution in [3.05, 3.63) is 29.8 Å². The highest BCUT2D eigenvalue weighted by atomic mass is 16.4. The lowest BCUT2D eigenvalue weighted by Gasteiger charge is -2.07. The fourth-order valence-corrected chi connectivity index (χ4v) is 2.71. The first kappa shape index (κ1) is 22.7. The lowest BCUT2D eigenvalue weighted by Crippen LogP contribution is -2.24. The van der Waals surface area contributed by atoms with E-state index in [1.165, 1.54) is 38.5 Å². The van der Waals surface area contributed by atoms with E-state index < -0.39 is 5.97 Å². The first-order valence-corrected chi connectivity index (χ1v) is 9.93. The second-order valence-corrected chi connectivity index (χ2v) is 6.75. The molecule has 0 aliphatic rings. The quantitative estimate of drug-likeness (QED) is 0.420. The highest BCUT2D eigenvalue weighted by molar-refractivity contribution is 5.96. The molecule has 0 aliphatic heterocycles. The van der Waals surface area contributed by atoms with Crippen LogP contribution in [-0.4, -0.2) is 29.4 Å². The third-order valence-electron chi connectivity index (χ3n) is 4.31. The van der Waals surface area contributed by atoms with Crippen molar-refractivity contribution >= 4 is 23.5 Å². The maximum Gasteiger partial charge on any atom is 0.303 e. The number of aliphatic carboxylic acids is 1. The molecular weight excluding hydrogens is 344 g/mol.